The topological polar surface area (TPSA) is 22.1 Å². The minimum Gasteiger partial charge on any atom is -0.380 e. The van der Waals surface area contributed by atoms with Crippen molar-refractivity contribution in [2.75, 3.05) is 7.11 Å². The Bertz CT molecular complexity index is 294. The van der Waals surface area contributed by atoms with E-state index in [1.807, 2.05) is 18.5 Å². The Kier molecular flexibility index (Phi) is 3.64. The monoisotopic (exact) mass is 193 g/mol. The highest BCUT2D eigenvalue weighted by atomic mass is 16.5. The Labute approximate surface area is 86.3 Å². The molecule has 1 rings (SSSR count). The van der Waals surface area contributed by atoms with E-state index in [0.717, 1.165) is 6.42 Å². The van der Waals surface area contributed by atoms with E-state index in [4.69, 9.17) is 4.74 Å². The van der Waals surface area contributed by atoms with E-state index in [9.17, 15) is 0 Å². The molecule has 0 aliphatic carbocycles. The second-order valence-corrected chi connectivity index (χ2v) is 4.20. The van der Waals surface area contributed by atoms with Gasteiger partial charge in [-0.3, -0.25) is 4.98 Å². The fourth-order valence-electron chi connectivity index (χ4n) is 1.50. The highest BCUT2D eigenvalue weighted by Crippen LogP contribution is 2.29. The van der Waals surface area contributed by atoms with Crippen molar-refractivity contribution in [3.63, 3.8) is 0 Å². The van der Waals surface area contributed by atoms with Crippen molar-refractivity contribution in [3.05, 3.63) is 29.6 Å². The second kappa shape index (κ2) is 4.56. The van der Waals surface area contributed by atoms with Crippen LogP contribution in [-0.2, 0) is 16.8 Å². The molecule has 1 aromatic rings. The first-order valence-corrected chi connectivity index (χ1v) is 5.04. The van der Waals surface area contributed by atoms with Crippen molar-refractivity contribution >= 4 is 0 Å². The van der Waals surface area contributed by atoms with Gasteiger partial charge in [-0.15, -0.1) is 0 Å². The molecule has 0 spiro atoms. The average molecular weight is 193 g/mol. The van der Waals surface area contributed by atoms with Gasteiger partial charge in [-0.25, -0.2) is 0 Å². The highest BCUT2D eigenvalue weighted by molar-refractivity contribution is 5.29. The molecule has 0 N–H and O–H groups in total. The maximum Gasteiger partial charge on any atom is 0.0717 e. The highest BCUT2D eigenvalue weighted by Gasteiger charge is 2.21. The maximum absolute atomic E-state index is 5.18. The summed E-state index contributed by atoms with van der Waals surface area (Å²) in [5.41, 5.74) is 2.72. The van der Waals surface area contributed by atoms with Gasteiger partial charge in [0.15, 0.2) is 0 Å². The van der Waals surface area contributed by atoms with Gasteiger partial charge in [0.25, 0.3) is 0 Å². The molecule has 0 bridgehead atoms. The standard InChI is InChI=1S/C12H19NO/c1-5-12(2,3)11-8-13-7-6-10(11)9-14-4/h6-8H,5,9H2,1-4H3. The second-order valence-electron chi connectivity index (χ2n) is 4.20. The summed E-state index contributed by atoms with van der Waals surface area (Å²) in [4.78, 5) is 4.19. The molecular weight excluding hydrogens is 174 g/mol. The van der Waals surface area contributed by atoms with Crippen molar-refractivity contribution in [3.8, 4) is 0 Å². The van der Waals surface area contributed by atoms with Gasteiger partial charge in [0.2, 0.25) is 0 Å². The van der Waals surface area contributed by atoms with Crippen LogP contribution in [0.5, 0.6) is 0 Å². The predicted molar refractivity (Wildman–Crippen MR) is 58.3 cm³/mol. The first-order valence-electron chi connectivity index (χ1n) is 5.04. The third-order valence-corrected chi connectivity index (χ3v) is 2.82. The summed E-state index contributed by atoms with van der Waals surface area (Å²) in [5, 5.41) is 0. The van der Waals surface area contributed by atoms with E-state index in [-0.39, 0.29) is 5.41 Å². The lowest BCUT2D eigenvalue weighted by atomic mass is 9.81. The minimum absolute atomic E-state index is 0.183. The zero-order valence-electron chi connectivity index (χ0n) is 9.50. The molecule has 1 heterocycles. The van der Waals surface area contributed by atoms with Crippen LogP contribution < -0.4 is 0 Å². The van der Waals surface area contributed by atoms with Crippen LogP contribution in [0.25, 0.3) is 0 Å². The molecule has 78 valence electrons. The van der Waals surface area contributed by atoms with Crippen LogP contribution >= 0.6 is 0 Å². The molecule has 0 aliphatic rings. The van der Waals surface area contributed by atoms with Crippen molar-refractivity contribution in [2.24, 2.45) is 0 Å². The number of ether oxygens (including phenoxy) is 1. The Balaban J connectivity index is 3.06. The largest absolute Gasteiger partial charge is 0.380 e. The Hall–Kier alpha value is -0.890. The summed E-state index contributed by atoms with van der Waals surface area (Å²) in [6.45, 7) is 7.34. The van der Waals surface area contributed by atoms with E-state index >= 15 is 0 Å². The molecule has 1 aromatic heterocycles. The van der Waals surface area contributed by atoms with Gasteiger partial charge in [0.1, 0.15) is 0 Å². The number of hydrogen-bond donors (Lipinski definition) is 0. The van der Waals surface area contributed by atoms with E-state index < -0.39 is 0 Å². The van der Waals surface area contributed by atoms with Gasteiger partial charge in [-0.2, -0.15) is 0 Å². The summed E-state index contributed by atoms with van der Waals surface area (Å²) in [6.07, 6.45) is 4.89. The van der Waals surface area contributed by atoms with Crippen LogP contribution in [0.4, 0.5) is 0 Å². The molecule has 0 atom stereocenters. The quantitative estimate of drug-likeness (QED) is 0.733. The van der Waals surface area contributed by atoms with Gasteiger partial charge in [0.05, 0.1) is 6.61 Å². The number of methoxy groups -OCH3 is 1. The van der Waals surface area contributed by atoms with Gasteiger partial charge in [0, 0.05) is 19.5 Å². The fourth-order valence-corrected chi connectivity index (χ4v) is 1.50. The molecule has 0 radical (unpaired) electrons. The number of rotatable bonds is 4. The zero-order valence-corrected chi connectivity index (χ0v) is 9.50. The molecule has 2 nitrogen and oxygen atoms in total. The smallest absolute Gasteiger partial charge is 0.0717 e. The Morgan fingerprint density at radius 1 is 1.43 bits per heavy atom. The van der Waals surface area contributed by atoms with Crippen LogP contribution in [0.2, 0.25) is 0 Å². The number of nitrogens with zero attached hydrogens (tertiary/aromatic N) is 1. The summed E-state index contributed by atoms with van der Waals surface area (Å²) in [7, 11) is 1.73. The molecule has 2 heteroatoms. The van der Waals surface area contributed by atoms with E-state index in [0.29, 0.717) is 6.61 Å². The molecule has 0 saturated carbocycles. The molecule has 14 heavy (non-hydrogen) atoms. The molecule has 0 amide bonds. The van der Waals surface area contributed by atoms with E-state index in [1.54, 1.807) is 7.11 Å². The summed E-state index contributed by atoms with van der Waals surface area (Å²) < 4.78 is 5.18. The molecule has 0 unspecified atom stereocenters. The van der Waals surface area contributed by atoms with E-state index in [1.165, 1.54) is 11.1 Å². The molecule has 0 aromatic carbocycles. The molecule has 0 saturated heterocycles. The maximum atomic E-state index is 5.18. The third-order valence-electron chi connectivity index (χ3n) is 2.82. The van der Waals surface area contributed by atoms with Gasteiger partial charge in [-0.1, -0.05) is 20.8 Å². The Morgan fingerprint density at radius 3 is 2.71 bits per heavy atom. The van der Waals surface area contributed by atoms with Gasteiger partial charge in [-0.05, 0) is 29.0 Å². The third kappa shape index (κ3) is 2.32. The van der Waals surface area contributed by atoms with Crippen molar-refractivity contribution in [1.29, 1.82) is 0 Å². The number of aromatic nitrogens is 1. The molecular formula is C12H19NO. The van der Waals surface area contributed by atoms with Crippen LogP contribution in [0.3, 0.4) is 0 Å². The average Bonchev–Trinajstić information content (AvgIpc) is 2.19. The SMILES string of the molecule is CCC(C)(C)c1cnccc1COC. The lowest BCUT2D eigenvalue weighted by Crippen LogP contribution is -2.18. The van der Waals surface area contributed by atoms with Crippen molar-refractivity contribution < 1.29 is 4.74 Å². The summed E-state index contributed by atoms with van der Waals surface area (Å²) in [6, 6.07) is 2.04. The van der Waals surface area contributed by atoms with E-state index in [2.05, 4.69) is 25.8 Å². The van der Waals surface area contributed by atoms with Crippen LogP contribution in [0, 0.1) is 0 Å². The van der Waals surface area contributed by atoms with Crippen LogP contribution in [0.15, 0.2) is 18.5 Å². The lowest BCUT2D eigenvalue weighted by molar-refractivity contribution is 0.182. The number of pyridine rings is 1. The van der Waals surface area contributed by atoms with Gasteiger partial charge >= 0.3 is 0 Å². The predicted octanol–water partition coefficient (Wildman–Crippen LogP) is 2.92. The summed E-state index contributed by atoms with van der Waals surface area (Å²) >= 11 is 0. The normalized spacial score (nSPS) is 11.7. The fraction of sp³-hybridized carbons (Fsp3) is 0.583. The zero-order chi connectivity index (χ0) is 10.6. The minimum atomic E-state index is 0.183. The van der Waals surface area contributed by atoms with Crippen molar-refractivity contribution in [2.45, 2.75) is 39.2 Å². The van der Waals surface area contributed by atoms with Crippen molar-refractivity contribution in [1.82, 2.24) is 4.98 Å². The van der Waals surface area contributed by atoms with Gasteiger partial charge < -0.3 is 4.74 Å². The summed E-state index contributed by atoms with van der Waals surface area (Å²) in [5.74, 6) is 0. The van der Waals surface area contributed by atoms with Crippen LogP contribution in [-0.4, -0.2) is 12.1 Å². The first kappa shape index (κ1) is 11.2. The first-order chi connectivity index (χ1) is 6.61. The molecule has 0 aliphatic heterocycles. The molecule has 0 fully saturated rings. The Morgan fingerprint density at radius 2 is 2.14 bits per heavy atom. The van der Waals surface area contributed by atoms with Crippen LogP contribution in [0.1, 0.15) is 38.3 Å². The number of hydrogen-bond acceptors (Lipinski definition) is 2. The lowest BCUT2D eigenvalue weighted by Gasteiger charge is -2.25.